The van der Waals surface area contributed by atoms with Gasteiger partial charge in [-0.15, -0.1) is 0 Å². The standard InChI is InChI=1S/C19H22ClNO3/c1-19(2,24-17-10-8-15(20)9-11-17)18(23)21-13-16(22)12-14-6-4-3-5-7-14/h3-11,16,22H,12-13H2,1-2H3,(H,21,23). The largest absolute Gasteiger partial charge is 0.478 e. The van der Waals surface area contributed by atoms with Crippen molar-refractivity contribution in [3.63, 3.8) is 0 Å². The van der Waals surface area contributed by atoms with Gasteiger partial charge in [-0.2, -0.15) is 0 Å². The number of aliphatic hydroxyl groups excluding tert-OH is 1. The minimum Gasteiger partial charge on any atom is -0.478 e. The number of carbonyl (C=O) groups excluding carboxylic acids is 1. The van der Waals surface area contributed by atoms with Crippen LogP contribution < -0.4 is 10.1 Å². The number of amides is 1. The summed E-state index contributed by atoms with van der Waals surface area (Å²) >= 11 is 5.83. The van der Waals surface area contributed by atoms with Gasteiger partial charge in [-0.25, -0.2) is 0 Å². The average molecular weight is 348 g/mol. The normalized spacial score (nSPS) is 12.5. The number of ether oxygens (including phenoxy) is 1. The number of rotatable bonds is 7. The molecule has 24 heavy (non-hydrogen) atoms. The molecular formula is C19H22ClNO3. The maximum Gasteiger partial charge on any atom is 0.263 e. The van der Waals surface area contributed by atoms with Gasteiger partial charge in [0.25, 0.3) is 5.91 Å². The van der Waals surface area contributed by atoms with E-state index in [1.807, 2.05) is 30.3 Å². The van der Waals surface area contributed by atoms with Crippen molar-refractivity contribution in [3.05, 3.63) is 65.2 Å². The van der Waals surface area contributed by atoms with E-state index in [1.165, 1.54) is 0 Å². The summed E-state index contributed by atoms with van der Waals surface area (Å²) < 4.78 is 5.72. The second-order valence-corrected chi connectivity index (χ2v) is 6.56. The molecule has 0 aliphatic heterocycles. The van der Waals surface area contributed by atoms with Gasteiger partial charge in [0, 0.05) is 18.0 Å². The average Bonchev–Trinajstić information content (AvgIpc) is 2.55. The van der Waals surface area contributed by atoms with Crippen LogP contribution in [0.3, 0.4) is 0 Å². The summed E-state index contributed by atoms with van der Waals surface area (Å²) in [5.41, 5.74) is -0.0313. The molecule has 0 aliphatic rings. The Labute approximate surface area is 147 Å². The van der Waals surface area contributed by atoms with Crippen LogP contribution >= 0.6 is 11.6 Å². The highest BCUT2D eigenvalue weighted by molar-refractivity contribution is 6.30. The molecule has 0 saturated carbocycles. The van der Waals surface area contributed by atoms with Gasteiger partial charge in [0.1, 0.15) is 5.75 Å². The number of halogens is 1. The zero-order chi connectivity index (χ0) is 17.6. The first-order chi connectivity index (χ1) is 11.4. The zero-order valence-electron chi connectivity index (χ0n) is 13.8. The third kappa shape index (κ3) is 5.55. The van der Waals surface area contributed by atoms with Gasteiger partial charge >= 0.3 is 0 Å². The second kappa shape index (κ2) is 8.18. The van der Waals surface area contributed by atoms with Gasteiger partial charge in [0.15, 0.2) is 5.60 Å². The van der Waals surface area contributed by atoms with Crippen LogP contribution in [0.5, 0.6) is 5.75 Å². The van der Waals surface area contributed by atoms with E-state index in [4.69, 9.17) is 16.3 Å². The van der Waals surface area contributed by atoms with E-state index < -0.39 is 11.7 Å². The molecule has 0 saturated heterocycles. The Kier molecular flexibility index (Phi) is 6.23. The first-order valence-electron chi connectivity index (χ1n) is 7.82. The lowest BCUT2D eigenvalue weighted by molar-refractivity contribution is -0.134. The van der Waals surface area contributed by atoms with Crippen molar-refractivity contribution in [3.8, 4) is 5.75 Å². The lowest BCUT2D eigenvalue weighted by atomic mass is 10.1. The summed E-state index contributed by atoms with van der Waals surface area (Å²) in [7, 11) is 0. The molecule has 0 aliphatic carbocycles. The van der Waals surface area contributed by atoms with Crippen molar-refractivity contribution >= 4 is 17.5 Å². The predicted octanol–water partition coefficient (Wildman–Crippen LogP) is 3.22. The SMILES string of the molecule is CC(C)(Oc1ccc(Cl)cc1)C(=O)NCC(O)Cc1ccccc1. The van der Waals surface area contributed by atoms with Crippen LogP contribution in [0.1, 0.15) is 19.4 Å². The zero-order valence-corrected chi connectivity index (χ0v) is 14.6. The number of hydrogen-bond acceptors (Lipinski definition) is 3. The molecule has 4 nitrogen and oxygen atoms in total. The Hall–Kier alpha value is -2.04. The Morgan fingerprint density at radius 3 is 2.42 bits per heavy atom. The van der Waals surface area contributed by atoms with E-state index in [0.717, 1.165) is 5.56 Å². The van der Waals surface area contributed by atoms with Crippen LogP contribution in [0.2, 0.25) is 5.02 Å². The van der Waals surface area contributed by atoms with Crippen molar-refractivity contribution in [1.29, 1.82) is 0 Å². The molecule has 2 aromatic rings. The van der Waals surface area contributed by atoms with Crippen LogP contribution in [-0.4, -0.2) is 29.3 Å². The van der Waals surface area contributed by atoms with E-state index >= 15 is 0 Å². The first kappa shape index (κ1) is 18.3. The molecule has 2 N–H and O–H groups in total. The molecule has 1 atom stereocenters. The van der Waals surface area contributed by atoms with Gasteiger partial charge in [-0.3, -0.25) is 4.79 Å². The van der Waals surface area contributed by atoms with Crippen molar-refractivity contribution in [2.24, 2.45) is 0 Å². The van der Waals surface area contributed by atoms with E-state index in [9.17, 15) is 9.90 Å². The first-order valence-corrected chi connectivity index (χ1v) is 8.19. The van der Waals surface area contributed by atoms with Crippen LogP contribution in [0, 0.1) is 0 Å². The molecule has 0 radical (unpaired) electrons. The summed E-state index contributed by atoms with van der Waals surface area (Å²) in [4.78, 5) is 12.3. The maximum atomic E-state index is 12.3. The fraction of sp³-hybridized carbons (Fsp3) is 0.316. The van der Waals surface area contributed by atoms with Gasteiger partial charge in [-0.1, -0.05) is 41.9 Å². The van der Waals surface area contributed by atoms with Crippen LogP contribution in [-0.2, 0) is 11.2 Å². The third-order valence-corrected chi connectivity index (χ3v) is 3.80. The summed E-state index contributed by atoms with van der Waals surface area (Å²) in [5.74, 6) is 0.272. The van der Waals surface area contributed by atoms with Crippen molar-refractivity contribution < 1.29 is 14.6 Å². The molecule has 0 spiro atoms. The van der Waals surface area contributed by atoms with E-state index in [0.29, 0.717) is 17.2 Å². The molecule has 2 aromatic carbocycles. The lowest BCUT2D eigenvalue weighted by Gasteiger charge is -2.26. The Morgan fingerprint density at radius 2 is 1.79 bits per heavy atom. The van der Waals surface area contributed by atoms with E-state index in [1.54, 1.807) is 38.1 Å². The van der Waals surface area contributed by atoms with Gasteiger partial charge in [0.05, 0.1) is 6.10 Å². The maximum absolute atomic E-state index is 12.3. The highest BCUT2D eigenvalue weighted by atomic mass is 35.5. The van der Waals surface area contributed by atoms with Crippen molar-refractivity contribution in [1.82, 2.24) is 5.32 Å². The lowest BCUT2D eigenvalue weighted by Crippen LogP contribution is -2.48. The fourth-order valence-corrected chi connectivity index (χ4v) is 2.35. The Morgan fingerprint density at radius 1 is 1.17 bits per heavy atom. The van der Waals surface area contributed by atoms with Crippen molar-refractivity contribution in [2.75, 3.05) is 6.54 Å². The minimum atomic E-state index is -1.06. The molecule has 5 heteroatoms. The Bertz CT molecular complexity index is 656. The molecule has 0 heterocycles. The van der Waals surface area contributed by atoms with Crippen LogP contribution in [0.25, 0.3) is 0 Å². The number of benzene rings is 2. The fourth-order valence-electron chi connectivity index (χ4n) is 2.23. The number of nitrogens with one attached hydrogen (secondary N) is 1. The third-order valence-electron chi connectivity index (χ3n) is 3.55. The smallest absolute Gasteiger partial charge is 0.263 e. The summed E-state index contributed by atoms with van der Waals surface area (Å²) in [5, 5.41) is 13.4. The summed E-state index contributed by atoms with van der Waals surface area (Å²) in [6.07, 6.45) is -0.165. The minimum absolute atomic E-state index is 0.168. The molecule has 0 bridgehead atoms. The van der Waals surface area contributed by atoms with Crippen LogP contribution in [0.15, 0.2) is 54.6 Å². The van der Waals surface area contributed by atoms with E-state index in [-0.39, 0.29) is 12.5 Å². The summed E-state index contributed by atoms with van der Waals surface area (Å²) in [6, 6.07) is 16.5. The molecule has 0 aromatic heterocycles. The summed E-state index contributed by atoms with van der Waals surface area (Å²) in [6.45, 7) is 3.53. The topological polar surface area (TPSA) is 58.6 Å². The quantitative estimate of drug-likeness (QED) is 0.808. The number of aliphatic hydroxyl groups is 1. The predicted molar refractivity (Wildman–Crippen MR) is 95.3 cm³/mol. The van der Waals surface area contributed by atoms with Gasteiger partial charge < -0.3 is 15.2 Å². The molecular weight excluding hydrogens is 326 g/mol. The highest BCUT2D eigenvalue weighted by Crippen LogP contribution is 2.21. The number of hydrogen-bond donors (Lipinski definition) is 2. The molecule has 2 rings (SSSR count). The Balaban J connectivity index is 1.84. The van der Waals surface area contributed by atoms with Crippen molar-refractivity contribution in [2.45, 2.75) is 32.0 Å². The second-order valence-electron chi connectivity index (χ2n) is 6.12. The van der Waals surface area contributed by atoms with E-state index in [2.05, 4.69) is 5.32 Å². The monoisotopic (exact) mass is 347 g/mol. The molecule has 0 fully saturated rings. The molecule has 128 valence electrons. The van der Waals surface area contributed by atoms with Gasteiger partial charge in [-0.05, 0) is 43.7 Å². The number of carbonyl (C=O) groups is 1. The molecule has 1 amide bonds. The highest BCUT2D eigenvalue weighted by Gasteiger charge is 2.30. The van der Waals surface area contributed by atoms with Crippen LogP contribution in [0.4, 0.5) is 0 Å². The molecule has 1 unspecified atom stereocenters. The van der Waals surface area contributed by atoms with Gasteiger partial charge in [0.2, 0.25) is 0 Å².